The highest BCUT2D eigenvalue weighted by atomic mass is 32.3. The Bertz CT molecular complexity index is 174. The van der Waals surface area contributed by atoms with E-state index in [0.29, 0.717) is 0 Å². The van der Waals surface area contributed by atoms with Gasteiger partial charge in [0.1, 0.15) is 6.23 Å². The highest BCUT2D eigenvalue weighted by Crippen LogP contribution is 1.78. The predicted octanol–water partition coefficient (Wildman–Crippen LogP) is -0.630. The van der Waals surface area contributed by atoms with Gasteiger partial charge in [-0.1, -0.05) is 6.92 Å². The molecule has 0 fully saturated rings. The van der Waals surface area contributed by atoms with E-state index in [2.05, 4.69) is 9.50 Å². The maximum atomic E-state index is 9.33. The Balaban J connectivity index is 0. The van der Waals surface area contributed by atoms with Gasteiger partial charge in [0.25, 0.3) is 0 Å². The summed E-state index contributed by atoms with van der Waals surface area (Å²) in [4.78, 5) is 0. The molecule has 0 radical (unpaired) electrons. The molecular weight excluding hydrogens is 186 g/mol. The molecule has 12 heavy (non-hydrogen) atoms. The third-order valence-electron chi connectivity index (χ3n) is 0.931. The van der Waals surface area contributed by atoms with Crippen LogP contribution in [0.5, 0.6) is 0 Å². The van der Waals surface area contributed by atoms with Crippen molar-refractivity contribution in [1.82, 2.24) is 5.32 Å². The monoisotopic (exact) mass is 201 g/mol. The molecular formula is C5H15NO5S. The van der Waals surface area contributed by atoms with Crippen molar-refractivity contribution in [2.24, 2.45) is 0 Å². The first-order valence-corrected chi connectivity index (χ1v) is 4.62. The van der Waals surface area contributed by atoms with Gasteiger partial charge in [0, 0.05) is 0 Å². The van der Waals surface area contributed by atoms with Crippen molar-refractivity contribution in [2.75, 3.05) is 14.2 Å². The van der Waals surface area contributed by atoms with Crippen LogP contribution in [0.25, 0.3) is 0 Å². The quantitative estimate of drug-likeness (QED) is 0.415. The summed E-state index contributed by atoms with van der Waals surface area (Å²) in [6.45, 7) is 1.92. The van der Waals surface area contributed by atoms with Crippen molar-refractivity contribution >= 4 is 10.4 Å². The molecule has 0 aliphatic heterocycles. The molecule has 7 heteroatoms. The van der Waals surface area contributed by atoms with Crippen LogP contribution in [0, 0.1) is 0 Å². The van der Waals surface area contributed by atoms with E-state index in [1.54, 1.807) is 7.05 Å². The Morgan fingerprint density at radius 1 is 1.58 bits per heavy atom. The zero-order valence-corrected chi connectivity index (χ0v) is 8.13. The second-order valence-electron chi connectivity index (χ2n) is 1.81. The predicted molar refractivity (Wildman–Crippen MR) is 43.9 cm³/mol. The smallest absolute Gasteiger partial charge is 0.379 e. The van der Waals surface area contributed by atoms with Crippen LogP contribution in [-0.4, -0.2) is 38.5 Å². The first-order valence-electron chi connectivity index (χ1n) is 3.25. The number of hydrogen-bond donors (Lipinski definition) is 3. The van der Waals surface area contributed by atoms with Crippen LogP contribution < -0.4 is 5.32 Å². The van der Waals surface area contributed by atoms with Gasteiger partial charge < -0.3 is 5.11 Å². The standard InChI is InChI=1S/C4H11NO.CH4O4S/c1-3-4(6)5-2;1-5-6(2,3)4/h4-6H,3H2,1-2H3;1H3,(H,2,3,4). The lowest BCUT2D eigenvalue weighted by molar-refractivity contribution is 0.143. The molecule has 0 saturated carbocycles. The van der Waals surface area contributed by atoms with Crippen molar-refractivity contribution in [2.45, 2.75) is 19.6 Å². The van der Waals surface area contributed by atoms with Crippen molar-refractivity contribution < 1.29 is 22.3 Å². The zero-order chi connectivity index (χ0) is 10.2. The maximum absolute atomic E-state index is 9.33. The summed E-state index contributed by atoms with van der Waals surface area (Å²) in [5.74, 6) is 0. The molecule has 0 aromatic rings. The van der Waals surface area contributed by atoms with Crippen LogP contribution in [0.1, 0.15) is 13.3 Å². The molecule has 0 amide bonds. The van der Waals surface area contributed by atoms with Crippen LogP contribution in [0.15, 0.2) is 0 Å². The Hall–Kier alpha value is -0.210. The molecule has 0 aromatic carbocycles. The number of aliphatic hydroxyl groups is 1. The summed E-state index contributed by atoms with van der Waals surface area (Å²) in [7, 11) is -1.56. The van der Waals surface area contributed by atoms with Crippen LogP contribution in [0.4, 0.5) is 0 Å². The number of nitrogens with one attached hydrogen (secondary N) is 1. The van der Waals surface area contributed by atoms with Gasteiger partial charge >= 0.3 is 10.4 Å². The molecule has 0 aliphatic rings. The summed E-state index contributed by atoms with van der Waals surface area (Å²) in [5, 5.41) is 11.2. The van der Waals surface area contributed by atoms with Crippen LogP contribution in [0.3, 0.4) is 0 Å². The van der Waals surface area contributed by atoms with Gasteiger partial charge in [-0.05, 0) is 13.5 Å². The summed E-state index contributed by atoms with van der Waals surface area (Å²) >= 11 is 0. The molecule has 0 rings (SSSR count). The molecule has 1 atom stereocenters. The van der Waals surface area contributed by atoms with E-state index in [4.69, 9.17) is 9.66 Å². The third kappa shape index (κ3) is 16.4. The van der Waals surface area contributed by atoms with Gasteiger partial charge in [0.15, 0.2) is 0 Å². The molecule has 0 saturated heterocycles. The summed E-state index contributed by atoms with van der Waals surface area (Å²) in [6, 6.07) is 0. The number of rotatable bonds is 3. The van der Waals surface area contributed by atoms with E-state index in [1.807, 2.05) is 6.92 Å². The third-order valence-corrected chi connectivity index (χ3v) is 1.35. The lowest BCUT2D eigenvalue weighted by Gasteiger charge is -2.01. The van der Waals surface area contributed by atoms with Crippen LogP contribution in [0.2, 0.25) is 0 Å². The fourth-order valence-electron chi connectivity index (χ4n) is 0.204. The minimum atomic E-state index is -4.16. The molecule has 0 heterocycles. The molecule has 0 bridgehead atoms. The minimum Gasteiger partial charge on any atom is -0.379 e. The second kappa shape index (κ2) is 7.44. The second-order valence-corrected chi connectivity index (χ2v) is 3.00. The van der Waals surface area contributed by atoms with E-state index in [-0.39, 0.29) is 6.23 Å². The van der Waals surface area contributed by atoms with E-state index >= 15 is 0 Å². The Morgan fingerprint density at radius 2 is 1.92 bits per heavy atom. The first-order chi connectivity index (χ1) is 5.37. The summed E-state index contributed by atoms with van der Waals surface area (Å²) in [6.07, 6.45) is 0.459. The topological polar surface area (TPSA) is 95.9 Å². The van der Waals surface area contributed by atoms with E-state index in [1.165, 1.54) is 0 Å². The SMILES string of the molecule is CCC(O)NC.COS(=O)(=O)O. The van der Waals surface area contributed by atoms with Crippen molar-refractivity contribution in [3.8, 4) is 0 Å². The van der Waals surface area contributed by atoms with Gasteiger partial charge in [0.2, 0.25) is 0 Å². The number of hydrogen-bond acceptors (Lipinski definition) is 5. The Labute approximate surface area is 72.5 Å². The molecule has 0 aliphatic carbocycles. The van der Waals surface area contributed by atoms with Crippen LogP contribution >= 0.6 is 0 Å². The highest BCUT2D eigenvalue weighted by molar-refractivity contribution is 7.80. The fourth-order valence-corrected chi connectivity index (χ4v) is 0.204. The maximum Gasteiger partial charge on any atom is 0.397 e. The van der Waals surface area contributed by atoms with Crippen molar-refractivity contribution in [3.63, 3.8) is 0 Å². The van der Waals surface area contributed by atoms with E-state index < -0.39 is 10.4 Å². The Kier molecular flexibility index (Phi) is 8.88. The van der Waals surface area contributed by atoms with Crippen molar-refractivity contribution in [1.29, 1.82) is 0 Å². The van der Waals surface area contributed by atoms with Gasteiger partial charge in [-0.2, -0.15) is 8.42 Å². The lowest BCUT2D eigenvalue weighted by atomic mass is 10.4. The molecule has 0 spiro atoms. The average molecular weight is 201 g/mol. The van der Waals surface area contributed by atoms with E-state index in [0.717, 1.165) is 13.5 Å². The normalized spacial score (nSPS) is 13.1. The Morgan fingerprint density at radius 3 is 1.92 bits per heavy atom. The molecule has 6 nitrogen and oxygen atoms in total. The first kappa shape index (κ1) is 14.3. The molecule has 76 valence electrons. The highest BCUT2D eigenvalue weighted by Gasteiger charge is 1.94. The van der Waals surface area contributed by atoms with E-state index in [9.17, 15) is 8.42 Å². The molecule has 0 aromatic heterocycles. The fraction of sp³-hybridized carbons (Fsp3) is 1.00. The summed E-state index contributed by atoms with van der Waals surface area (Å²) in [5.41, 5.74) is 0. The summed E-state index contributed by atoms with van der Waals surface area (Å²) < 4.78 is 29.7. The lowest BCUT2D eigenvalue weighted by Crippen LogP contribution is -2.22. The van der Waals surface area contributed by atoms with Crippen molar-refractivity contribution in [3.05, 3.63) is 0 Å². The van der Waals surface area contributed by atoms with Gasteiger partial charge in [-0.3, -0.25) is 14.1 Å². The minimum absolute atomic E-state index is 0.315. The van der Waals surface area contributed by atoms with Crippen LogP contribution in [-0.2, 0) is 14.6 Å². The zero-order valence-electron chi connectivity index (χ0n) is 7.31. The molecule has 3 N–H and O–H groups in total. The van der Waals surface area contributed by atoms with Gasteiger partial charge in [-0.15, -0.1) is 0 Å². The van der Waals surface area contributed by atoms with Gasteiger partial charge in [-0.25, -0.2) is 0 Å². The average Bonchev–Trinajstić information content (AvgIpc) is 2.03. The molecule has 1 unspecified atom stereocenters. The largest absolute Gasteiger partial charge is 0.397 e. The number of aliphatic hydroxyl groups excluding tert-OH is 1. The van der Waals surface area contributed by atoms with Gasteiger partial charge in [0.05, 0.1) is 7.11 Å².